The summed E-state index contributed by atoms with van der Waals surface area (Å²) >= 11 is 1.30. The van der Waals surface area contributed by atoms with Crippen molar-refractivity contribution in [2.75, 3.05) is 5.32 Å². The van der Waals surface area contributed by atoms with Crippen molar-refractivity contribution in [2.24, 2.45) is 0 Å². The highest BCUT2D eigenvalue weighted by atomic mass is 32.2. The van der Waals surface area contributed by atoms with E-state index in [1.165, 1.54) is 18.7 Å². The van der Waals surface area contributed by atoms with Crippen LogP contribution in [0, 0.1) is 0 Å². The Labute approximate surface area is 202 Å². The van der Waals surface area contributed by atoms with Gasteiger partial charge in [0.2, 0.25) is 5.91 Å². The number of thioether (sulfide) groups is 1. The maximum Gasteiger partial charge on any atom is 0.237 e. The lowest BCUT2D eigenvalue weighted by molar-refractivity contribution is -0.115. The van der Waals surface area contributed by atoms with Crippen molar-refractivity contribution in [2.45, 2.75) is 30.9 Å². The molecule has 1 atom stereocenters. The van der Waals surface area contributed by atoms with Crippen LogP contribution >= 0.6 is 11.8 Å². The summed E-state index contributed by atoms with van der Waals surface area (Å²) in [6.45, 7) is 3.53. The van der Waals surface area contributed by atoms with Gasteiger partial charge in [0.05, 0.1) is 5.25 Å². The van der Waals surface area contributed by atoms with E-state index >= 15 is 0 Å². The van der Waals surface area contributed by atoms with Crippen molar-refractivity contribution in [1.29, 1.82) is 0 Å². The molecule has 0 unspecified atom stereocenters. The van der Waals surface area contributed by atoms with Crippen LogP contribution in [0.3, 0.4) is 0 Å². The maximum atomic E-state index is 12.9. The van der Waals surface area contributed by atoms with Crippen LogP contribution < -0.4 is 10.1 Å². The fraction of sp³-hybridized carbons (Fsp3) is 0.154. The Hall–Kier alpha value is -3.91. The van der Waals surface area contributed by atoms with Crippen LogP contribution in [0.15, 0.2) is 90.1 Å². The summed E-state index contributed by atoms with van der Waals surface area (Å²) < 4.78 is 7.79. The van der Waals surface area contributed by atoms with Crippen molar-refractivity contribution in [3.63, 3.8) is 0 Å². The minimum atomic E-state index is -0.462. The van der Waals surface area contributed by atoms with Gasteiger partial charge in [-0.1, -0.05) is 60.3 Å². The molecule has 4 aromatic rings. The van der Waals surface area contributed by atoms with Gasteiger partial charge in [-0.05, 0) is 50.2 Å². The fourth-order valence-corrected chi connectivity index (χ4v) is 4.13. The third kappa shape index (κ3) is 5.71. The van der Waals surface area contributed by atoms with E-state index in [2.05, 4.69) is 15.5 Å². The predicted molar refractivity (Wildman–Crippen MR) is 133 cm³/mol. The Morgan fingerprint density at radius 2 is 1.68 bits per heavy atom. The molecule has 0 spiro atoms. The Morgan fingerprint density at radius 3 is 2.38 bits per heavy atom. The van der Waals surface area contributed by atoms with Gasteiger partial charge in [0.1, 0.15) is 12.4 Å². The minimum Gasteiger partial charge on any atom is -0.486 e. The number of ether oxygens (including phenoxy) is 1. The number of ketones is 1. The van der Waals surface area contributed by atoms with Crippen molar-refractivity contribution >= 4 is 29.1 Å². The van der Waals surface area contributed by atoms with E-state index in [-0.39, 0.29) is 18.3 Å². The molecule has 1 aromatic heterocycles. The zero-order valence-corrected chi connectivity index (χ0v) is 19.7. The second-order valence-corrected chi connectivity index (χ2v) is 8.87. The quantitative estimate of drug-likeness (QED) is 0.267. The first-order valence-electron chi connectivity index (χ1n) is 10.8. The van der Waals surface area contributed by atoms with Gasteiger partial charge in [-0.25, -0.2) is 0 Å². The number of Topliss-reactive ketones (excluding diaryl/α,β-unsaturated/α-hetero) is 1. The molecule has 0 aliphatic rings. The van der Waals surface area contributed by atoms with E-state index in [0.29, 0.717) is 22.2 Å². The highest BCUT2D eigenvalue weighted by molar-refractivity contribution is 8.00. The number of hydrogen-bond acceptors (Lipinski definition) is 6. The number of aromatic nitrogens is 3. The first kappa shape index (κ1) is 23.3. The maximum absolute atomic E-state index is 12.9. The first-order valence-corrected chi connectivity index (χ1v) is 11.7. The SMILES string of the molecule is CC(=O)c1cccc(NC(=O)[C@@H](C)Sc2nnc(COc3ccccc3)n2-c2ccccc2)c1. The average molecular weight is 473 g/mol. The largest absolute Gasteiger partial charge is 0.486 e. The molecule has 34 heavy (non-hydrogen) atoms. The highest BCUT2D eigenvalue weighted by Crippen LogP contribution is 2.27. The van der Waals surface area contributed by atoms with Crippen LogP contribution in [0.5, 0.6) is 5.75 Å². The summed E-state index contributed by atoms with van der Waals surface area (Å²) in [5.74, 6) is 1.11. The zero-order valence-electron chi connectivity index (χ0n) is 18.8. The highest BCUT2D eigenvalue weighted by Gasteiger charge is 2.21. The fourth-order valence-electron chi connectivity index (χ4n) is 3.24. The number of nitrogens with zero attached hydrogens (tertiary/aromatic N) is 3. The molecule has 8 heteroatoms. The summed E-state index contributed by atoms with van der Waals surface area (Å²) in [5, 5.41) is 11.7. The monoisotopic (exact) mass is 472 g/mol. The number of para-hydroxylation sites is 2. The van der Waals surface area contributed by atoms with Crippen LogP contribution in [0.25, 0.3) is 5.69 Å². The molecule has 0 saturated heterocycles. The number of carbonyl (C=O) groups excluding carboxylic acids is 2. The molecule has 0 aliphatic carbocycles. The Morgan fingerprint density at radius 1 is 0.971 bits per heavy atom. The predicted octanol–water partition coefficient (Wildman–Crippen LogP) is 5.17. The van der Waals surface area contributed by atoms with Crippen molar-refractivity contribution in [3.8, 4) is 11.4 Å². The van der Waals surface area contributed by atoms with Crippen LogP contribution in [0.2, 0.25) is 0 Å². The second kappa shape index (κ2) is 10.8. The van der Waals surface area contributed by atoms with E-state index in [1.807, 2.05) is 65.2 Å². The van der Waals surface area contributed by atoms with Gasteiger partial charge in [0.25, 0.3) is 0 Å². The van der Waals surface area contributed by atoms with Crippen LogP contribution in [0.4, 0.5) is 5.69 Å². The van der Waals surface area contributed by atoms with E-state index in [0.717, 1.165) is 11.4 Å². The van der Waals surface area contributed by atoms with Crippen LogP contribution in [-0.4, -0.2) is 31.7 Å². The topological polar surface area (TPSA) is 86.1 Å². The van der Waals surface area contributed by atoms with Gasteiger partial charge in [-0.2, -0.15) is 0 Å². The lowest BCUT2D eigenvalue weighted by Gasteiger charge is -2.14. The van der Waals surface area contributed by atoms with E-state index in [1.54, 1.807) is 31.2 Å². The number of benzene rings is 3. The van der Waals surface area contributed by atoms with Crippen molar-refractivity contribution in [3.05, 3.63) is 96.3 Å². The summed E-state index contributed by atoms with van der Waals surface area (Å²) in [6, 6.07) is 26.1. The molecule has 1 heterocycles. The van der Waals surface area contributed by atoms with Gasteiger partial charge in [0, 0.05) is 16.9 Å². The number of carbonyl (C=O) groups is 2. The van der Waals surface area contributed by atoms with E-state index in [4.69, 9.17) is 4.74 Å². The molecule has 1 amide bonds. The second-order valence-electron chi connectivity index (χ2n) is 7.56. The summed E-state index contributed by atoms with van der Waals surface area (Å²) in [6.07, 6.45) is 0. The van der Waals surface area contributed by atoms with Gasteiger partial charge >= 0.3 is 0 Å². The molecule has 0 fully saturated rings. The van der Waals surface area contributed by atoms with Gasteiger partial charge in [0.15, 0.2) is 16.8 Å². The van der Waals surface area contributed by atoms with E-state index < -0.39 is 5.25 Å². The number of amides is 1. The lowest BCUT2D eigenvalue weighted by atomic mass is 10.1. The summed E-state index contributed by atoms with van der Waals surface area (Å²) in [7, 11) is 0. The number of anilines is 1. The van der Waals surface area contributed by atoms with Gasteiger partial charge in [-0.3, -0.25) is 14.2 Å². The standard InChI is InChI=1S/C26H24N4O3S/c1-18(31)20-10-9-11-21(16-20)27-25(32)19(2)34-26-29-28-24(17-33-23-14-7-4-8-15-23)30(26)22-12-5-3-6-13-22/h3-16,19H,17H2,1-2H3,(H,27,32)/t19-/m1/s1. The lowest BCUT2D eigenvalue weighted by Crippen LogP contribution is -2.23. The molecule has 7 nitrogen and oxygen atoms in total. The number of nitrogens with one attached hydrogen (secondary N) is 1. The molecule has 4 rings (SSSR count). The molecule has 0 aliphatic heterocycles. The van der Waals surface area contributed by atoms with Crippen molar-refractivity contribution < 1.29 is 14.3 Å². The third-order valence-electron chi connectivity index (χ3n) is 5.01. The summed E-state index contributed by atoms with van der Waals surface area (Å²) in [4.78, 5) is 24.5. The average Bonchev–Trinajstić information content (AvgIpc) is 3.26. The Bertz CT molecular complexity index is 1280. The molecular formula is C26H24N4O3S. The normalized spacial score (nSPS) is 11.6. The Kier molecular flexibility index (Phi) is 7.39. The van der Waals surface area contributed by atoms with Gasteiger partial charge in [-0.15, -0.1) is 10.2 Å². The number of hydrogen-bond donors (Lipinski definition) is 1. The molecule has 1 N–H and O–H groups in total. The molecule has 0 radical (unpaired) electrons. The van der Waals surface area contributed by atoms with Gasteiger partial charge < -0.3 is 10.1 Å². The smallest absolute Gasteiger partial charge is 0.237 e. The summed E-state index contributed by atoms with van der Waals surface area (Å²) in [5.41, 5.74) is 2.00. The molecule has 0 bridgehead atoms. The van der Waals surface area contributed by atoms with E-state index in [9.17, 15) is 9.59 Å². The minimum absolute atomic E-state index is 0.0558. The van der Waals surface area contributed by atoms with Crippen LogP contribution in [0.1, 0.15) is 30.0 Å². The molecule has 172 valence electrons. The first-order chi connectivity index (χ1) is 16.5. The number of rotatable bonds is 9. The molecule has 3 aromatic carbocycles. The molecule has 0 saturated carbocycles. The third-order valence-corrected chi connectivity index (χ3v) is 6.06. The van der Waals surface area contributed by atoms with Crippen molar-refractivity contribution in [1.82, 2.24) is 14.8 Å². The Balaban J connectivity index is 1.52. The van der Waals surface area contributed by atoms with Crippen LogP contribution in [-0.2, 0) is 11.4 Å². The molecular weight excluding hydrogens is 448 g/mol. The zero-order chi connectivity index (χ0) is 23.9.